The molecule has 1 rings (SSSR count). The molecule has 0 fully saturated rings. The van der Waals surface area contributed by atoms with Crippen molar-refractivity contribution >= 4 is 12.4 Å². The van der Waals surface area contributed by atoms with E-state index in [1.165, 1.54) is 0 Å². The van der Waals surface area contributed by atoms with Gasteiger partial charge in [0.25, 0.3) is 0 Å². The van der Waals surface area contributed by atoms with Crippen LogP contribution in [0.15, 0.2) is 18.2 Å². The number of halogens is 6. The van der Waals surface area contributed by atoms with Crippen molar-refractivity contribution in [1.29, 1.82) is 0 Å². The van der Waals surface area contributed by atoms with Gasteiger partial charge in [-0.05, 0) is 12.1 Å². The predicted octanol–water partition coefficient (Wildman–Crippen LogP) is 2.77. The van der Waals surface area contributed by atoms with Crippen LogP contribution in [0, 0.1) is 0 Å². The van der Waals surface area contributed by atoms with Crippen LogP contribution in [0.1, 0.15) is 5.56 Å². The first-order valence-electron chi connectivity index (χ1n) is 4.11. The lowest BCUT2D eigenvalue weighted by molar-refractivity contribution is -0.138. The van der Waals surface area contributed by atoms with Crippen LogP contribution in [0.25, 0.3) is 0 Å². The number of alkyl halides is 3. The van der Waals surface area contributed by atoms with Gasteiger partial charge in [-0.1, -0.05) is 6.07 Å². The summed E-state index contributed by atoms with van der Waals surface area (Å²) in [4.78, 5) is 0. The number of hydrogen-bond acceptors (Lipinski definition) is 1. The first-order valence-corrected chi connectivity index (χ1v) is 4.11. The number of ether oxygens (including phenoxy) is 1. The van der Waals surface area contributed by atoms with E-state index in [0.717, 1.165) is 7.11 Å². The summed E-state index contributed by atoms with van der Waals surface area (Å²) >= 11 is 0. The zero-order chi connectivity index (χ0) is 12.6. The molecule has 0 radical (unpaired) electrons. The van der Waals surface area contributed by atoms with Crippen LogP contribution in [-0.2, 0) is 6.18 Å². The van der Waals surface area contributed by atoms with Gasteiger partial charge >= 0.3 is 13.2 Å². The highest BCUT2D eigenvalue weighted by molar-refractivity contribution is 6.73. The predicted molar refractivity (Wildman–Crippen MR) is 46.7 cm³/mol. The Bertz CT molecular complexity index is 383. The Kier molecular flexibility index (Phi) is 3.11. The van der Waals surface area contributed by atoms with Crippen molar-refractivity contribution in [1.82, 2.24) is 0 Å². The lowest BCUT2D eigenvalue weighted by Crippen LogP contribution is -2.34. The highest BCUT2D eigenvalue weighted by Gasteiger charge is 2.35. The molecule has 0 spiro atoms. The molecule has 1 nitrogen and oxygen atoms in total. The van der Waals surface area contributed by atoms with E-state index in [1.54, 1.807) is 0 Å². The van der Waals surface area contributed by atoms with Gasteiger partial charge in [0.1, 0.15) is 5.75 Å². The molecule has 1 aromatic carbocycles. The van der Waals surface area contributed by atoms with Gasteiger partial charge in [0, 0.05) is 0 Å². The van der Waals surface area contributed by atoms with Gasteiger partial charge in [0.15, 0.2) is 0 Å². The van der Waals surface area contributed by atoms with Crippen molar-refractivity contribution < 1.29 is 30.9 Å². The first-order chi connectivity index (χ1) is 7.16. The third kappa shape index (κ3) is 2.62. The number of hydrogen-bond donors (Lipinski definition) is 0. The summed E-state index contributed by atoms with van der Waals surface area (Å²) in [5.74, 6) is -0.829. The molecule has 0 N–H and O–H groups in total. The molecule has 0 aromatic heterocycles. The van der Waals surface area contributed by atoms with E-state index in [9.17, 15) is 26.1 Å². The average molecular weight is 243 g/mol. The van der Waals surface area contributed by atoms with E-state index in [2.05, 4.69) is 4.74 Å². The Labute approximate surface area is 87.1 Å². The summed E-state index contributed by atoms with van der Waals surface area (Å²) < 4.78 is 78.0. The van der Waals surface area contributed by atoms with Crippen LogP contribution in [0.5, 0.6) is 5.75 Å². The van der Waals surface area contributed by atoms with Crippen molar-refractivity contribution in [3.05, 3.63) is 23.8 Å². The van der Waals surface area contributed by atoms with Crippen molar-refractivity contribution in [2.45, 2.75) is 6.18 Å². The Morgan fingerprint density at radius 1 is 1.12 bits per heavy atom. The molecule has 16 heavy (non-hydrogen) atoms. The fourth-order valence-electron chi connectivity index (χ4n) is 1.15. The van der Waals surface area contributed by atoms with Crippen LogP contribution in [-0.4, -0.2) is 14.1 Å². The minimum atomic E-state index is -5.33. The Hall–Kier alpha value is -1.34. The molecule has 0 unspecified atom stereocenters. The molecular weight excluding hydrogens is 237 g/mol. The minimum Gasteiger partial charge on any atom is -0.496 e. The quantitative estimate of drug-likeness (QED) is 0.573. The van der Waals surface area contributed by atoms with E-state index in [0.29, 0.717) is 18.2 Å². The first kappa shape index (κ1) is 12.7. The summed E-state index contributed by atoms with van der Waals surface area (Å²) in [5.41, 5.74) is -2.34. The van der Waals surface area contributed by atoms with Gasteiger partial charge < -0.3 is 17.7 Å². The van der Waals surface area contributed by atoms with Crippen LogP contribution in [0.2, 0.25) is 0 Å². The molecule has 0 atom stereocenters. The highest BCUT2D eigenvalue weighted by atomic mass is 19.4. The minimum absolute atomic E-state index is 0.350. The largest absolute Gasteiger partial charge is 0.509 e. The van der Waals surface area contributed by atoms with E-state index >= 15 is 0 Å². The highest BCUT2D eigenvalue weighted by Crippen LogP contribution is 2.35. The molecule has 0 aliphatic rings. The van der Waals surface area contributed by atoms with Crippen molar-refractivity contribution in [2.24, 2.45) is 0 Å². The van der Waals surface area contributed by atoms with E-state index in [-0.39, 0.29) is 0 Å². The molecule has 0 amide bonds. The van der Waals surface area contributed by atoms with Crippen LogP contribution >= 0.6 is 0 Å². The monoisotopic (exact) mass is 243 g/mol. The Balaban J connectivity index is 3.28. The summed E-state index contributed by atoms with van der Waals surface area (Å²) in [5, 5.41) is 0. The molecule has 0 heterocycles. The third-order valence-electron chi connectivity index (χ3n) is 1.91. The fourth-order valence-corrected chi connectivity index (χ4v) is 1.15. The molecule has 0 aliphatic carbocycles. The zero-order valence-corrected chi connectivity index (χ0v) is 7.99. The molecule has 8 heteroatoms. The van der Waals surface area contributed by atoms with Crippen LogP contribution in [0.4, 0.5) is 26.1 Å². The SMILES string of the molecule is COc1cc([B-](F)(F)F)ccc1C(F)(F)F. The van der Waals surface area contributed by atoms with Crippen molar-refractivity contribution in [3.63, 3.8) is 0 Å². The lowest BCUT2D eigenvalue weighted by atomic mass is 9.79. The molecule has 0 saturated heterocycles. The third-order valence-corrected chi connectivity index (χ3v) is 1.91. The average Bonchev–Trinajstić information content (AvgIpc) is 2.14. The van der Waals surface area contributed by atoms with Gasteiger partial charge in [-0.2, -0.15) is 13.2 Å². The number of rotatable bonds is 2. The molecular formula is C8H6BF6O-. The molecule has 0 aliphatic heterocycles. The number of benzene rings is 1. The summed E-state index contributed by atoms with van der Waals surface area (Å²) in [7, 11) is 0.887. The second-order valence-corrected chi connectivity index (χ2v) is 3.03. The van der Waals surface area contributed by atoms with E-state index in [4.69, 9.17) is 0 Å². The lowest BCUT2D eigenvalue weighted by Gasteiger charge is -2.18. The summed E-state index contributed by atoms with van der Waals surface area (Å²) in [6.07, 6.45) is -4.73. The topological polar surface area (TPSA) is 9.23 Å². The van der Waals surface area contributed by atoms with Gasteiger partial charge in [0.05, 0.1) is 12.7 Å². The van der Waals surface area contributed by atoms with E-state index in [1.807, 2.05) is 0 Å². The number of methoxy groups -OCH3 is 1. The van der Waals surface area contributed by atoms with Crippen molar-refractivity contribution in [2.75, 3.05) is 7.11 Å². The van der Waals surface area contributed by atoms with E-state index < -0.39 is 29.9 Å². The van der Waals surface area contributed by atoms with Gasteiger partial charge in [0.2, 0.25) is 0 Å². The second kappa shape index (κ2) is 3.91. The van der Waals surface area contributed by atoms with Gasteiger partial charge in [-0.3, -0.25) is 0 Å². The summed E-state index contributed by atoms with van der Waals surface area (Å²) in [6, 6.07) is 1.11. The van der Waals surface area contributed by atoms with Crippen LogP contribution in [0.3, 0.4) is 0 Å². The molecule has 1 aromatic rings. The Morgan fingerprint density at radius 3 is 2.06 bits per heavy atom. The summed E-state index contributed by atoms with van der Waals surface area (Å²) in [6.45, 7) is -5.33. The Morgan fingerprint density at radius 2 is 1.69 bits per heavy atom. The maximum atomic E-state index is 12.3. The van der Waals surface area contributed by atoms with Gasteiger partial charge in [-0.15, -0.1) is 5.46 Å². The van der Waals surface area contributed by atoms with Crippen molar-refractivity contribution in [3.8, 4) is 5.75 Å². The fraction of sp³-hybridized carbons (Fsp3) is 0.250. The molecule has 0 saturated carbocycles. The zero-order valence-electron chi connectivity index (χ0n) is 7.99. The maximum Gasteiger partial charge on any atom is 0.509 e. The van der Waals surface area contributed by atoms with Gasteiger partial charge in [-0.25, -0.2) is 0 Å². The van der Waals surface area contributed by atoms with Crippen LogP contribution < -0.4 is 10.2 Å². The second-order valence-electron chi connectivity index (χ2n) is 3.03. The standard InChI is InChI=1S/C8H6BF6O/c1-16-7-4-5(9(13,14)15)2-3-6(7)8(10,11)12/h2-4H,1H3/q-1. The molecule has 0 bridgehead atoms. The molecule has 90 valence electrons. The maximum absolute atomic E-state index is 12.3. The smallest absolute Gasteiger partial charge is 0.496 e. The normalized spacial score (nSPS) is 12.7.